The van der Waals surface area contributed by atoms with Crippen molar-refractivity contribution in [2.45, 2.75) is 36.2 Å². The van der Waals surface area contributed by atoms with E-state index in [0.29, 0.717) is 51.0 Å². The van der Waals surface area contributed by atoms with Crippen LogP contribution in [0.2, 0.25) is 0 Å². The molecule has 2 saturated heterocycles. The minimum absolute atomic E-state index is 0.0865. The molecular weight excluding hydrogens is 384 g/mol. The number of carbonyl (C=O) groups excluding carboxylic acids is 1. The van der Waals surface area contributed by atoms with Gasteiger partial charge in [-0.25, -0.2) is 8.42 Å². The molecule has 3 heterocycles. The van der Waals surface area contributed by atoms with Crippen molar-refractivity contribution >= 4 is 15.9 Å². The third-order valence-corrected chi connectivity index (χ3v) is 8.12. The molecule has 2 bridgehead atoms. The van der Waals surface area contributed by atoms with E-state index in [4.69, 9.17) is 14.2 Å². The van der Waals surface area contributed by atoms with Crippen LogP contribution in [-0.2, 0) is 19.6 Å². The second kappa shape index (κ2) is 6.89. The number of sulfonamides is 1. The molecule has 3 fully saturated rings. The van der Waals surface area contributed by atoms with Gasteiger partial charge in [0.15, 0.2) is 11.5 Å². The van der Waals surface area contributed by atoms with Crippen LogP contribution in [0.25, 0.3) is 0 Å². The molecule has 0 radical (unpaired) electrons. The Balaban J connectivity index is 1.48. The number of ether oxygens (including phenoxy) is 3. The molecular formula is C19H24N2O6S. The topological polar surface area (TPSA) is 85.4 Å². The summed E-state index contributed by atoms with van der Waals surface area (Å²) in [6, 6.07) is 3.97. The number of hydrogen-bond donors (Lipinski definition) is 0. The third kappa shape index (κ3) is 2.87. The molecule has 3 aliphatic heterocycles. The van der Waals surface area contributed by atoms with Crippen LogP contribution in [0.5, 0.6) is 11.5 Å². The summed E-state index contributed by atoms with van der Waals surface area (Å²) in [5.41, 5.74) is 0. The normalized spacial score (nSPS) is 29.9. The maximum Gasteiger partial charge on any atom is 0.244 e. The molecule has 0 N–H and O–H groups in total. The lowest BCUT2D eigenvalue weighted by atomic mass is 9.98. The van der Waals surface area contributed by atoms with Gasteiger partial charge in [0.1, 0.15) is 19.3 Å². The molecule has 9 heteroatoms. The fraction of sp³-hybridized carbons (Fsp3) is 0.632. The first-order valence-corrected chi connectivity index (χ1v) is 11.3. The van der Waals surface area contributed by atoms with Crippen molar-refractivity contribution in [1.29, 1.82) is 0 Å². The molecule has 0 spiro atoms. The van der Waals surface area contributed by atoms with Crippen molar-refractivity contribution in [3.63, 3.8) is 0 Å². The highest BCUT2D eigenvalue weighted by Gasteiger charge is 2.55. The number of piperidine rings is 1. The molecule has 1 aromatic carbocycles. The van der Waals surface area contributed by atoms with E-state index in [0.717, 1.165) is 19.3 Å². The van der Waals surface area contributed by atoms with Gasteiger partial charge in [-0.1, -0.05) is 0 Å². The van der Waals surface area contributed by atoms with Crippen LogP contribution in [-0.4, -0.2) is 75.1 Å². The Bertz CT molecular complexity index is 882. The van der Waals surface area contributed by atoms with E-state index in [2.05, 4.69) is 0 Å². The lowest BCUT2D eigenvalue weighted by molar-refractivity contribution is -0.140. The smallest absolute Gasteiger partial charge is 0.244 e. The summed E-state index contributed by atoms with van der Waals surface area (Å²) in [5.74, 6) is 0.991. The quantitative estimate of drug-likeness (QED) is 0.738. The molecule has 4 aliphatic rings. The average Bonchev–Trinajstić information content (AvgIpc) is 3.35. The van der Waals surface area contributed by atoms with Crippen molar-refractivity contribution in [3.8, 4) is 11.5 Å². The van der Waals surface area contributed by atoms with Crippen LogP contribution in [0.1, 0.15) is 19.3 Å². The Kier molecular flexibility index (Phi) is 4.48. The van der Waals surface area contributed by atoms with Crippen LogP contribution in [0.3, 0.4) is 0 Å². The Morgan fingerprint density at radius 3 is 2.54 bits per heavy atom. The van der Waals surface area contributed by atoms with Crippen molar-refractivity contribution in [3.05, 3.63) is 18.2 Å². The van der Waals surface area contributed by atoms with Gasteiger partial charge < -0.3 is 19.1 Å². The van der Waals surface area contributed by atoms with Gasteiger partial charge in [0.05, 0.1) is 18.1 Å². The molecule has 0 aromatic heterocycles. The monoisotopic (exact) mass is 408 g/mol. The third-order valence-electron chi connectivity index (χ3n) is 6.19. The van der Waals surface area contributed by atoms with E-state index in [1.165, 1.54) is 10.4 Å². The summed E-state index contributed by atoms with van der Waals surface area (Å²) in [5, 5.41) is 0. The zero-order valence-electron chi connectivity index (χ0n) is 15.6. The van der Waals surface area contributed by atoms with Gasteiger partial charge in [-0.2, -0.15) is 4.31 Å². The second-order valence-corrected chi connectivity index (χ2v) is 9.59. The SMILES string of the molecule is O=C([C@H]1[C@H]2CC[C@@H](C2)N1S(=O)(=O)c1ccc2c(c1)OCCO2)N1CCOCC1. The van der Waals surface area contributed by atoms with Gasteiger partial charge in [0, 0.05) is 25.2 Å². The standard InChI is InChI=1S/C19H24N2O6S/c22-19(20-5-7-25-8-6-20)18-13-1-2-14(11-13)21(18)28(23,24)15-3-4-16-17(12-15)27-10-9-26-16/h3-4,12-14,18H,1-2,5-11H2/t13-,14-,18+/m0/s1. The van der Waals surface area contributed by atoms with E-state index < -0.39 is 16.1 Å². The fourth-order valence-corrected chi connectivity index (χ4v) is 6.76. The molecule has 8 nitrogen and oxygen atoms in total. The largest absolute Gasteiger partial charge is 0.486 e. The summed E-state index contributed by atoms with van der Waals surface area (Å²) >= 11 is 0. The second-order valence-electron chi connectivity index (χ2n) is 7.75. The summed E-state index contributed by atoms with van der Waals surface area (Å²) in [4.78, 5) is 15.1. The molecule has 28 heavy (non-hydrogen) atoms. The van der Waals surface area contributed by atoms with Crippen molar-refractivity contribution in [1.82, 2.24) is 9.21 Å². The molecule has 152 valence electrons. The zero-order chi connectivity index (χ0) is 19.3. The predicted octanol–water partition coefficient (Wildman–Crippen LogP) is 0.858. The summed E-state index contributed by atoms with van der Waals surface area (Å²) < 4.78 is 45.0. The molecule has 3 atom stereocenters. The molecule has 1 amide bonds. The van der Waals surface area contributed by atoms with E-state index in [1.54, 1.807) is 17.0 Å². The van der Waals surface area contributed by atoms with Crippen LogP contribution >= 0.6 is 0 Å². The number of benzene rings is 1. The summed E-state index contributed by atoms with van der Waals surface area (Å²) in [6.07, 6.45) is 2.46. The first-order valence-electron chi connectivity index (χ1n) is 9.85. The number of amides is 1. The van der Waals surface area contributed by atoms with Crippen molar-refractivity contribution in [2.75, 3.05) is 39.5 Å². The zero-order valence-corrected chi connectivity index (χ0v) is 16.4. The number of hydrogen-bond acceptors (Lipinski definition) is 6. The van der Waals surface area contributed by atoms with Crippen LogP contribution in [0.15, 0.2) is 23.1 Å². The number of nitrogens with zero attached hydrogens (tertiary/aromatic N) is 2. The molecule has 0 unspecified atom stereocenters. The minimum atomic E-state index is -3.82. The van der Waals surface area contributed by atoms with E-state index in [-0.39, 0.29) is 22.8 Å². The number of carbonyl (C=O) groups is 1. The maximum absolute atomic E-state index is 13.5. The summed E-state index contributed by atoms with van der Waals surface area (Å²) in [7, 11) is -3.82. The van der Waals surface area contributed by atoms with Crippen LogP contribution < -0.4 is 9.47 Å². The van der Waals surface area contributed by atoms with Crippen LogP contribution in [0, 0.1) is 5.92 Å². The molecule has 5 rings (SSSR count). The Morgan fingerprint density at radius 1 is 1.00 bits per heavy atom. The van der Waals surface area contributed by atoms with Crippen molar-refractivity contribution in [2.24, 2.45) is 5.92 Å². The van der Waals surface area contributed by atoms with Gasteiger partial charge in [-0.15, -0.1) is 0 Å². The van der Waals surface area contributed by atoms with E-state index in [1.807, 2.05) is 0 Å². The Hall–Kier alpha value is -1.84. The molecule has 1 aliphatic carbocycles. The number of morpholine rings is 1. The first-order chi connectivity index (χ1) is 13.6. The maximum atomic E-state index is 13.5. The van der Waals surface area contributed by atoms with Crippen LogP contribution in [0.4, 0.5) is 0 Å². The highest BCUT2D eigenvalue weighted by molar-refractivity contribution is 7.89. The number of rotatable bonds is 3. The average molecular weight is 408 g/mol. The Labute approximate surface area is 164 Å². The van der Waals surface area contributed by atoms with Gasteiger partial charge in [-0.05, 0) is 37.3 Å². The molecule has 1 aromatic rings. The lowest BCUT2D eigenvalue weighted by Crippen LogP contribution is -2.55. The fourth-order valence-electron chi connectivity index (χ4n) is 4.88. The van der Waals surface area contributed by atoms with Gasteiger partial charge in [0.2, 0.25) is 15.9 Å². The minimum Gasteiger partial charge on any atom is -0.486 e. The first kappa shape index (κ1) is 18.2. The number of fused-ring (bicyclic) bond motifs is 3. The van der Waals surface area contributed by atoms with E-state index in [9.17, 15) is 13.2 Å². The highest BCUT2D eigenvalue weighted by Crippen LogP contribution is 2.46. The van der Waals surface area contributed by atoms with Crippen molar-refractivity contribution < 1.29 is 27.4 Å². The highest BCUT2D eigenvalue weighted by atomic mass is 32.2. The lowest BCUT2D eigenvalue weighted by Gasteiger charge is -2.37. The van der Waals surface area contributed by atoms with E-state index >= 15 is 0 Å². The molecule has 1 saturated carbocycles. The van der Waals surface area contributed by atoms with Gasteiger partial charge in [-0.3, -0.25) is 4.79 Å². The van der Waals surface area contributed by atoms with Gasteiger partial charge in [0.25, 0.3) is 0 Å². The van der Waals surface area contributed by atoms with Gasteiger partial charge >= 0.3 is 0 Å². The predicted molar refractivity (Wildman–Crippen MR) is 98.8 cm³/mol. The summed E-state index contributed by atoms with van der Waals surface area (Å²) in [6.45, 7) is 2.88. The Morgan fingerprint density at radius 2 is 1.75 bits per heavy atom.